The standard InChI is InChI=1S/C23H28N4O3S/c1-15(2)18-11-19(21(29)12-20(18)28)22-24-25-23(31)27(22)14-17-5-3-16(4-6-17)13-26-7-9-30-10-8-26/h3-6,11-12,15,28-29H,7-10,13-14H2,1-2H3,(H,25,31). The Bertz CT molecular complexity index is 1100. The van der Waals surface area contributed by atoms with Crippen LogP contribution in [0.2, 0.25) is 0 Å². The highest BCUT2D eigenvalue weighted by atomic mass is 32.1. The number of aromatic nitrogens is 3. The molecule has 0 atom stereocenters. The summed E-state index contributed by atoms with van der Waals surface area (Å²) in [5.74, 6) is 0.696. The van der Waals surface area contributed by atoms with E-state index in [1.165, 1.54) is 11.6 Å². The molecule has 0 spiro atoms. The minimum atomic E-state index is -0.0296. The first-order chi connectivity index (χ1) is 14.9. The SMILES string of the molecule is CC(C)c1cc(-c2n[nH]c(=S)n2Cc2ccc(CN3CCOCC3)cc2)c(O)cc1O. The lowest BCUT2D eigenvalue weighted by Gasteiger charge is -2.26. The molecule has 4 rings (SSSR count). The third-order valence-electron chi connectivity index (χ3n) is 5.64. The predicted octanol–water partition coefficient (Wildman–Crippen LogP) is 4.02. The average Bonchev–Trinajstić information content (AvgIpc) is 3.10. The monoisotopic (exact) mass is 440 g/mol. The molecule has 7 nitrogen and oxygen atoms in total. The summed E-state index contributed by atoms with van der Waals surface area (Å²) in [5.41, 5.74) is 3.64. The van der Waals surface area contributed by atoms with Gasteiger partial charge in [0, 0.05) is 25.7 Å². The number of H-pyrrole nitrogens is 1. The Labute approximate surface area is 186 Å². The zero-order chi connectivity index (χ0) is 22.0. The zero-order valence-electron chi connectivity index (χ0n) is 17.8. The molecule has 31 heavy (non-hydrogen) atoms. The van der Waals surface area contributed by atoms with Crippen molar-refractivity contribution >= 4 is 12.2 Å². The highest BCUT2D eigenvalue weighted by Crippen LogP contribution is 2.37. The number of morpholine rings is 1. The van der Waals surface area contributed by atoms with Crippen molar-refractivity contribution in [3.63, 3.8) is 0 Å². The third-order valence-corrected chi connectivity index (χ3v) is 5.95. The molecule has 0 unspecified atom stereocenters. The molecule has 0 amide bonds. The van der Waals surface area contributed by atoms with Gasteiger partial charge in [-0.05, 0) is 40.9 Å². The van der Waals surface area contributed by atoms with Crippen LogP contribution in [0.5, 0.6) is 11.5 Å². The molecule has 2 heterocycles. The first-order valence-electron chi connectivity index (χ1n) is 10.5. The molecule has 2 aromatic carbocycles. The van der Waals surface area contributed by atoms with E-state index in [-0.39, 0.29) is 17.4 Å². The maximum Gasteiger partial charge on any atom is 0.195 e. The first kappa shape index (κ1) is 21.5. The number of rotatable bonds is 6. The van der Waals surface area contributed by atoms with Crippen molar-refractivity contribution in [2.24, 2.45) is 0 Å². The van der Waals surface area contributed by atoms with E-state index in [2.05, 4.69) is 39.4 Å². The van der Waals surface area contributed by atoms with Crippen LogP contribution in [-0.2, 0) is 17.8 Å². The molecule has 164 valence electrons. The van der Waals surface area contributed by atoms with Crippen LogP contribution in [0.1, 0.15) is 36.5 Å². The van der Waals surface area contributed by atoms with Gasteiger partial charge in [0.25, 0.3) is 0 Å². The van der Waals surface area contributed by atoms with Crippen molar-refractivity contribution in [3.05, 3.63) is 57.9 Å². The van der Waals surface area contributed by atoms with E-state index < -0.39 is 0 Å². The highest BCUT2D eigenvalue weighted by molar-refractivity contribution is 7.71. The second-order valence-corrected chi connectivity index (χ2v) is 8.61. The zero-order valence-corrected chi connectivity index (χ0v) is 18.7. The molecule has 0 saturated carbocycles. The Morgan fingerprint density at radius 1 is 1.03 bits per heavy atom. The van der Waals surface area contributed by atoms with Gasteiger partial charge in [0.1, 0.15) is 11.5 Å². The predicted molar refractivity (Wildman–Crippen MR) is 122 cm³/mol. The van der Waals surface area contributed by atoms with Gasteiger partial charge in [0.05, 0.1) is 25.3 Å². The van der Waals surface area contributed by atoms with Crippen LogP contribution in [0.15, 0.2) is 36.4 Å². The van der Waals surface area contributed by atoms with Gasteiger partial charge in [-0.15, -0.1) is 0 Å². The van der Waals surface area contributed by atoms with E-state index in [0.29, 0.717) is 22.7 Å². The quantitative estimate of drug-likeness (QED) is 0.502. The highest BCUT2D eigenvalue weighted by Gasteiger charge is 2.18. The lowest BCUT2D eigenvalue weighted by molar-refractivity contribution is 0.0342. The first-order valence-corrected chi connectivity index (χ1v) is 10.9. The summed E-state index contributed by atoms with van der Waals surface area (Å²) in [5, 5.41) is 27.8. The van der Waals surface area contributed by atoms with Gasteiger partial charge < -0.3 is 14.9 Å². The van der Waals surface area contributed by atoms with Crippen LogP contribution in [-0.4, -0.2) is 56.2 Å². The van der Waals surface area contributed by atoms with Crippen molar-refractivity contribution in [1.82, 2.24) is 19.7 Å². The lowest BCUT2D eigenvalue weighted by Crippen LogP contribution is -2.35. The minimum absolute atomic E-state index is 0.0296. The number of nitrogens with zero attached hydrogens (tertiary/aromatic N) is 3. The van der Waals surface area contributed by atoms with Gasteiger partial charge in [-0.25, -0.2) is 0 Å². The number of aromatic amines is 1. The second-order valence-electron chi connectivity index (χ2n) is 8.23. The number of nitrogens with one attached hydrogen (secondary N) is 1. The van der Waals surface area contributed by atoms with Crippen LogP contribution in [0, 0.1) is 4.77 Å². The fourth-order valence-electron chi connectivity index (χ4n) is 3.86. The Morgan fingerprint density at radius 3 is 2.32 bits per heavy atom. The summed E-state index contributed by atoms with van der Waals surface area (Å²) in [6.45, 7) is 8.94. The Hall–Kier alpha value is -2.68. The molecule has 1 aliphatic rings. The molecule has 3 N–H and O–H groups in total. The number of phenols is 2. The number of benzene rings is 2. The third kappa shape index (κ3) is 4.81. The molecular formula is C23H28N4O3S. The van der Waals surface area contributed by atoms with Crippen molar-refractivity contribution in [3.8, 4) is 22.9 Å². The molecule has 1 fully saturated rings. The number of phenolic OH excluding ortho intramolecular Hbond substituents is 2. The van der Waals surface area contributed by atoms with E-state index in [4.69, 9.17) is 17.0 Å². The number of aromatic hydroxyl groups is 2. The Balaban J connectivity index is 1.58. The van der Waals surface area contributed by atoms with Crippen molar-refractivity contribution < 1.29 is 14.9 Å². The van der Waals surface area contributed by atoms with E-state index in [0.717, 1.165) is 44.0 Å². The van der Waals surface area contributed by atoms with Gasteiger partial charge in [-0.2, -0.15) is 5.10 Å². The summed E-state index contributed by atoms with van der Waals surface area (Å²) >= 11 is 5.45. The van der Waals surface area contributed by atoms with Crippen molar-refractivity contribution in [1.29, 1.82) is 0 Å². The largest absolute Gasteiger partial charge is 0.508 e. The molecule has 0 aliphatic carbocycles. The molecule has 1 saturated heterocycles. The van der Waals surface area contributed by atoms with Gasteiger partial charge in [-0.1, -0.05) is 38.1 Å². The second kappa shape index (κ2) is 9.21. The summed E-state index contributed by atoms with van der Waals surface area (Å²) in [7, 11) is 0. The molecule has 0 radical (unpaired) electrons. The van der Waals surface area contributed by atoms with Crippen LogP contribution in [0.3, 0.4) is 0 Å². The van der Waals surface area contributed by atoms with E-state index in [1.807, 2.05) is 18.4 Å². The van der Waals surface area contributed by atoms with Crippen LogP contribution < -0.4 is 0 Å². The molecule has 1 aromatic heterocycles. The molecule has 3 aromatic rings. The minimum Gasteiger partial charge on any atom is -0.508 e. The molecule has 8 heteroatoms. The summed E-state index contributed by atoms with van der Waals surface area (Å²) < 4.78 is 7.76. The van der Waals surface area contributed by atoms with Gasteiger partial charge in [0.2, 0.25) is 0 Å². The maximum atomic E-state index is 10.5. The number of ether oxygens (including phenoxy) is 1. The average molecular weight is 441 g/mol. The van der Waals surface area contributed by atoms with Crippen LogP contribution in [0.25, 0.3) is 11.4 Å². The lowest BCUT2D eigenvalue weighted by atomic mass is 9.98. The normalized spacial score (nSPS) is 14.9. The van der Waals surface area contributed by atoms with Crippen LogP contribution in [0.4, 0.5) is 0 Å². The maximum absolute atomic E-state index is 10.5. The van der Waals surface area contributed by atoms with E-state index in [9.17, 15) is 10.2 Å². The fraction of sp³-hybridized carbons (Fsp3) is 0.391. The fourth-order valence-corrected chi connectivity index (χ4v) is 4.05. The van der Waals surface area contributed by atoms with Crippen LogP contribution >= 0.6 is 12.2 Å². The Morgan fingerprint density at radius 2 is 1.68 bits per heavy atom. The van der Waals surface area contributed by atoms with E-state index in [1.54, 1.807) is 6.07 Å². The molecule has 0 bridgehead atoms. The number of hydrogen-bond donors (Lipinski definition) is 3. The van der Waals surface area contributed by atoms with Crippen molar-refractivity contribution in [2.75, 3.05) is 26.3 Å². The topological polar surface area (TPSA) is 86.5 Å². The van der Waals surface area contributed by atoms with Gasteiger partial charge in [0.15, 0.2) is 10.6 Å². The Kier molecular flexibility index (Phi) is 6.41. The summed E-state index contributed by atoms with van der Waals surface area (Å²) in [4.78, 5) is 2.39. The van der Waals surface area contributed by atoms with E-state index >= 15 is 0 Å². The summed E-state index contributed by atoms with van der Waals surface area (Å²) in [6.07, 6.45) is 0. The molecular weight excluding hydrogens is 412 g/mol. The summed E-state index contributed by atoms with van der Waals surface area (Å²) in [6, 6.07) is 11.6. The number of hydrogen-bond acceptors (Lipinski definition) is 6. The molecule has 1 aliphatic heterocycles. The smallest absolute Gasteiger partial charge is 0.195 e. The van der Waals surface area contributed by atoms with Gasteiger partial charge >= 0.3 is 0 Å². The van der Waals surface area contributed by atoms with Crippen molar-refractivity contribution in [2.45, 2.75) is 32.9 Å². The van der Waals surface area contributed by atoms with Gasteiger partial charge in [-0.3, -0.25) is 14.6 Å².